The quantitative estimate of drug-likeness (QED) is 0.124. The lowest BCUT2D eigenvalue weighted by Crippen LogP contribution is -2.15. The van der Waals surface area contributed by atoms with Crippen LogP contribution in [0.1, 0.15) is 39.5 Å². The fraction of sp³-hybridized carbons (Fsp3) is 0.152. The normalized spacial score (nSPS) is 11.4. The summed E-state index contributed by atoms with van der Waals surface area (Å²) in [6.45, 7) is 3.71. The minimum Gasteiger partial charge on any atom is -0.464 e. The summed E-state index contributed by atoms with van der Waals surface area (Å²) in [4.78, 5) is 32.0. The largest absolute Gasteiger partial charge is 0.464 e. The van der Waals surface area contributed by atoms with Crippen LogP contribution in [0.15, 0.2) is 88.9 Å². The lowest BCUT2D eigenvalue weighted by Gasteiger charge is -2.10. The summed E-state index contributed by atoms with van der Waals surface area (Å²) in [5.41, 5.74) is 1.62. The number of ether oxygens (including phenoxy) is 2. The molecule has 50 heavy (non-hydrogen) atoms. The summed E-state index contributed by atoms with van der Waals surface area (Å²) in [5.74, 6) is -1.58. The molecule has 2 aromatic carbocycles. The number of nitrogens with zero attached hydrogens (tertiary/aromatic N) is 4. The predicted octanol–water partition coefficient (Wildman–Crippen LogP) is 7.33. The summed E-state index contributed by atoms with van der Waals surface area (Å²) in [6.07, 6.45) is 2.58. The molecule has 0 fully saturated rings. The lowest BCUT2D eigenvalue weighted by atomic mass is 10.2. The van der Waals surface area contributed by atoms with E-state index in [1.165, 1.54) is 63.0 Å². The number of hydrogen-bond donors (Lipinski definition) is 0. The highest BCUT2D eigenvalue weighted by atomic mass is 35.5. The Kier molecular flexibility index (Phi) is 11.3. The molecule has 0 N–H and O–H groups in total. The Morgan fingerprint density at radius 3 is 1.58 bits per heavy atom. The zero-order chi connectivity index (χ0) is 35.8. The first-order valence-electron chi connectivity index (χ1n) is 14.0. The molecule has 6 aromatic rings. The van der Waals surface area contributed by atoms with E-state index in [0.717, 1.165) is 19.1 Å². The molecule has 0 aliphatic carbocycles. The van der Waals surface area contributed by atoms with E-state index in [1.54, 1.807) is 30.3 Å². The molecule has 0 atom stereocenters. The highest BCUT2D eigenvalue weighted by Crippen LogP contribution is 2.33. The van der Waals surface area contributed by atoms with Crippen molar-refractivity contribution in [3.8, 4) is 0 Å². The number of rotatable bonds is 6. The van der Waals surface area contributed by atoms with Gasteiger partial charge in [-0.05, 0) is 56.3 Å². The highest BCUT2D eigenvalue weighted by molar-refractivity contribution is 7.90. The van der Waals surface area contributed by atoms with Crippen LogP contribution < -0.4 is 0 Å². The molecule has 262 valence electrons. The molecule has 0 spiro atoms. The third-order valence-electron chi connectivity index (χ3n) is 7.18. The highest BCUT2D eigenvalue weighted by Gasteiger charge is 2.27. The van der Waals surface area contributed by atoms with E-state index in [1.807, 2.05) is 13.8 Å². The monoisotopic (exact) mass is 778 g/mol. The molecule has 17 heteroatoms. The maximum absolute atomic E-state index is 13.0. The number of carbonyl (C=O) groups excluding carboxylic acids is 2. The summed E-state index contributed by atoms with van der Waals surface area (Å²) in [7, 11) is -5.53. The number of methoxy groups -OCH3 is 2. The van der Waals surface area contributed by atoms with Gasteiger partial charge in [0.25, 0.3) is 20.0 Å². The van der Waals surface area contributed by atoms with Gasteiger partial charge in [-0.2, -0.15) is 0 Å². The first kappa shape index (κ1) is 38.3. The Balaban J connectivity index is 0.000000220. The van der Waals surface area contributed by atoms with Crippen molar-refractivity contribution < 1.29 is 35.9 Å². The van der Waals surface area contributed by atoms with Crippen LogP contribution in [0.5, 0.6) is 0 Å². The standard InChI is InChI=1S/C16H12Cl2N2O4S.C16H13ClN2O4S.CH4/c1-9-3-5-10(6-4-9)25(22,23)20-8-12(17)11-7-13(18)19-14(15(11)20)16(21)24-2;1-10-3-5-12(6-4-10)24(21,22)19-8-7-11-9-13(17)18-14(15(11)19)16(20)23-2;/h3-8H,1-2H3;3-9H,1-2H3;1H4. The van der Waals surface area contributed by atoms with Gasteiger partial charge in [0.05, 0.1) is 40.1 Å². The van der Waals surface area contributed by atoms with E-state index in [4.69, 9.17) is 34.8 Å². The maximum Gasteiger partial charge on any atom is 0.358 e. The van der Waals surface area contributed by atoms with Crippen molar-refractivity contribution in [2.24, 2.45) is 0 Å². The first-order chi connectivity index (χ1) is 23.1. The number of fused-ring (bicyclic) bond motifs is 2. The van der Waals surface area contributed by atoms with Crippen LogP contribution in [0.4, 0.5) is 0 Å². The van der Waals surface area contributed by atoms with Crippen LogP contribution in [-0.2, 0) is 29.5 Å². The Hall–Kier alpha value is -4.47. The van der Waals surface area contributed by atoms with Gasteiger partial charge in [-0.25, -0.2) is 44.3 Å². The van der Waals surface area contributed by atoms with E-state index in [0.29, 0.717) is 5.39 Å². The second-order valence-corrected chi connectivity index (χ2v) is 15.2. The second kappa shape index (κ2) is 14.8. The zero-order valence-electron chi connectivity index (χ0n) is 26.0. The van der Waals surface area contributed by atoms with Crippen LogP contribution in [0.3, 0.4) is 0 Å². The molecular formula is C33H29Cl3N4O8S2. The lowest BCUT2D eigenvalue weighted by molar-refractivity contribution is 0.0587. The molecule has 6 rings (SSSR count). The van der Waals surface area contributed by atoms with Crippen molar-refractivity contribution in [3.05, 3.63) is 117 Å². The molecule has 0 radical (unpaired) electrons. The van der Waals surface area contributed by atoms with Crippen molar-refractivity contribution in [1.82, 2.24) is 17.9 Å². The topological polar surface area (TPSA) is 157 Å². The van der Waals surface area contributed by atoms with Gasteiger partial charge in [0.1, 0.15) is 10.3 Å². The molecule has 4 heterocycles. The predicted molar refractivity (Wildman–Crippen MR) is 191 cm³/mol. The van der Waals surface area contributed by atoms with Crippen molar-refractivity contribution in [2.75, 3.05) is 14.2 Å². The number of hydrogen-bond acceptors (Lipinski definition) is 10. The zero-order valence-corrected chi connectivity index (χ0v) is 29.9. The van der Waals surface area contributed by atoms with E-state index in [9.17, 15) is 26.4 Å². The Morgan fingerprint density at radius 1 is 0.660 bits per heavy atom. The van der Waals surface area contributed by atoms with Gasteiger partial charge >= 0.3 is 11.9 Å². The summed E-state index contributed by atoms with van der Waals surface area (Å²) < 4.78 is 63.2. The molecule has 12 nitrogen and oxygen atoms in total. The number of pyridine rings is 2. The van der Waals surface area contributed by atoms with E-state index in [2.05, 4.69) is 19.4 Å². The number of halogens is 3. The van der Waals surface area contributed by atoms with E-state index in [-0.39, 0.29) is 60.4 Å². The molecule has 0 unspecified atom stereocenters. The number of aromatic nitrogens is 4. The maximum atomic E-state index is 13.0. The SMILES string of the molecule is C.COC(=O)c1nc(Cl)cc2c(Cl)cn(S(=O)(=O)c3ccc(C)cc3)c12.COC(=O)c1nc(Cl)cc2ccn(S(=O)(=O)c3ccc(C)cc3)c12. The number of carbonyl (C=O) groups is 2. The molecule has 4 aromatic heterocycles. The fourth-order valence-electron chi connectivity index (χ4n) is 4.77. The molecule has 0 bridgehead atoms. The van der Waals surface area contributed by atoms with Crippen LogP contribution in [-0.4, -0.2) is 60.9 Å². The van der Waals surface area contributed by atoms with Crippen LogP contribution in [0.2, 0.25) is 15.3 Å². The van der Waals surface area contributed by atoms with Crippen LogP contribution >= 0.6 is 34.8 Å². The molecule has 0 saturated carbocycles. The van der Waals surface area contributed by atoms with Gasteiger partial charge in [-0.1, -0.05) is 77.6 Å². The van der Waals surface area contributed by atoms with Gasteiger partial charge in [-0.3, -0.25) is 0 Å². The molecular weight excluding hydrogens is 751 g/mol. The third kappa shape index (κ3) is 7.21. The van der Waals surface area contributed by atoms with Gasteiger partial charge in [0.15, 0.2) is 11.4 Å². The van der Waals surface area contributed by atoms with E-state index < -0.39 is 32.0 Å². The number of aryl methyl sites for hydroxylation is 2. The molecule has 0 aliphatic heterocycles. The average Bonchev–Trinajstić information content (AvgIpc) is 3.65. The minimum atomic E-state index is -4.00. The first-order valence-corrected chi connectivity index (χ1v) is 18.0. The fourth-order valence-corrected chi connectivity index (χ4v) is 8.20. The van der Waals surface area contributed by atoms with Crippen molar-refractivity contribution in [3.63, 3.8) is 0 Å². The summed E-state index contributed by atoms with van der Waals surface area (Å²) in [5, 5.41) is 0.970. The van der Waals surface area contributed by atoms with E-state index >= 15 is 0 Å². The van der Waals surface area contributed by atoms with Crippen molar-refractivity contribution in [1.29, 1.82) is 0 Å². The Labute approximate surface area is 303 Å². The van der Waals surface area contributed by atoms with Crippen molar-refractivity contribution in [2.45, 2.75) is 31.1 Å². The minimum absolute atomic E-state index is 0. The molecule has 0 aliphatic rings. The Morgan fingerprint density at radius 2 is 1.10 bits per heavy atom. The molecule has 0 saturated heterocycles. The Bertz CT molecular complexity index is 2480. The third-order valence-corrected chi connectivity index (χ3v) is 11.2. The van der Waals surface area contributed by atoms with Gasteiger partial charge < -0.3 is 9.47 Å². The number of benzene rings is 2. The van der Waals surface area contributed by atoms with Crippen LogP contribution in [0.25, 0.3) is 21.8 Å². The van der Waals surface area contributed by atoms with Gasteiger partial charge in [0, 0.05) is 23.2 Å². The van der Waals surface area contributed by atoms with Crippen LogP contribution in [0, 0.1) is 13.8 Å². The van der Waals surface area contributed by atoms with Crippen molar-refractivity contribution >= 4 is 88.6 Å². The second-order valence-electron chi connectivity index (χ2n) is 10.4. The summed E-state index contributed by atoms with van der Waals surface area (Å²) in [6, 6.07) is 17.2. The summed E-state index contributed by atoms with van der Waals surface area (Å²) >= 11 is 18.0. The van der Waals surface area contributed by atoms with Gasteiger partial charge in [0.2, 0.25) is 0 Å². The average molecular weight is 780 g/mol. The number of esters is 2. The van der Waals surface area contributed by atoms with Gasteiger partial charge in [-0.15, -0.1) is 0 Å². The molecule has 0 amide bonds. The smallest absolute Gasteiger partial charge is 0.358 e.